The molecule has 118 valence electrons. The summed E-state index contributed by atoms with van der Waals surface area (Å²) in [6.45, 7) is 4.35. The number of carbonyl (C=O) groups is 1. The SMILES string of the molecule is CC(C)c1noc(CCC(=O)NC[C@@H]2CCS(=O)(=O)C2)n1. The van der Waals surface area contributed by atoms with Crippen LogP contribution in [0.2, 0.25) is 0 Å². The van der Waals surface area contributed by atoms with Crippen LogP contribution in [0, 0.1) is 5.92 Å². The Bertz CT molecular complexity index is 594. The zero-order chi connectivity index (χ0) is 15.5. The quantitative estimate of drug-likeness (QED) is 0.828. The Kier molecular flexibility index (Phi) is 4.97. The molecular weight excluding hydrogens is 294 g/mol. The normalized spacial score (nSPS) is 20.8. The molecule has 1 aromatic rings. The van der Waals surface area contributed by atoms with E-state index in [2.05, 4.69) is 15.5 Å². The molecule has 1 aromatic heterocycles. The fraction of sp³-hybridized carbons (Fsp3) is 0.769. The molecule has 1 amide bonds. The Hall–Kier alpha value is -1.44. The van der Waals surface area contributed by atoms with Crippen molar-refractivity contribution in [1.82, 2.24) is 15.5 Å². The van der Waals surface area contributed by atoms with Gasteiger partial charge in [-0.1, -0.05) is 19.0 Å². The number of nitrogens with zero attached hydrogens (tertiary/aromatic N) is 2. The lowest BCUT2D eigenvalue weighted by Gasteiger charge is -2.08. The van der Waals surface area contributed by atoms with Gasteiger partial charge < -0.3 is 9.84 Å². The Labute approximate surface area is 124 Å². The highest BCUT2D eigenvalue weighted by molar-refractivity contribution is 7.91. The third-order valence-corrected chi connectivity index (χ3v) is 5.32. The van der Waals surface area contributed by atoms with Crippen LogP contribution in [0.25, 0.3) is 0 Å². The zero-order valence-corrected chi connectivity index (χ0v) is 13.1. The van der Waals surface area contributed by atoms with Crippen molar-refractivity contribution in [1.29, 1.82) is 0 Å². The molecule has 0 spiro atoms. The summed E-state index contributed by atoms with van der Waals surface area (Å²) in [5.74, 6) is 1.61. The Morgan fingerprint density at radius 3 is 2.81 bits per heavy atom. The maximum absolute atomic E-state index is 11.7. The lowest BCUT2D eigenvalue weighted by Crippen LogP contribution is -2.30. The minimum Gasteiger partial charge on any atom is -0.356 e. The van der Waals surface area contributed by atoms with E-state index >= 15 is 0 Å². The standard InChI is InChI=1S/C13H21N3O4S/c1-9(2)13-15-12(20-16-13)4-3-11(17)14-7-10-5-6-21(18,19)8-10/h9-10H,3-8H2,1-2H3,(H,14,17)/t10-/m0/s1. The molecule has 0 saturated carbocycles. The average Bonchev–Trinajstić information content (AvgIpc) is 3.00. The second kappa shape index (κ2) is 6.55. The monoisotopic (exact) mass is 315 g/mol. The molecule has 1 aliphatic heterocycles. The predicted molar refractivity (Wildman–Crippen MR) is 76.5 cm³/mol. The van der Waals surface area contributed by atoms with Crippen LogP contribution in [0.1, 0.15) is 44.3 Å². The van der Waals surface area contributed by atoms with Gasteiger partial charge in [-0.3, -0.25) is 4.79 Å². The molecule has 1 aliphatic rings. The van der Waals surface area contributed by atoms with Crippen molar-refractivity contribution >= 4 is 15.7 Å². The molecule has 0 radical (unpaired) electrons. The number of hydrogen-bond acceptors (Lipinski definition) is 6. The summed E-state index contributed by atoms with van der Waals surface area (Å²) in [5, 5.41) is 6.60. The second-order valence-corrected chi connectivity index (χ2v) is 8.00. The van der Waals surface area contributed by atoms with E-state index in [1.54, 1.807) is 0 Å². The minimum atomic E-state index is -2.89. The van der Waals surface area contributed by atoms with Crippen molar-refractivity contribution < 1.29 is 17.7 Å². The molecule has 0 unspecified atom stereocenters. The van der Waals surface area contributed by atoms with Crippen LogP contribution < -0.4 is 5.32 Å². The van der Waals surface area contributed by atoms with Gasteiger partial charge in [0.15, 0.2) is 15.7 Å². The van der Waals surface area contributed by atoms with Gasteiger partial charge in [-0.2, -0.15) is 4.98 Å². The van der Waals surface area contributed by atoms with Crippen LogP contribution in [0.5, 0.6) is 0 Å². The highest BCUT2D eigenvalue weighted by atomic mass is 32.2. The number of carbonyl (C=O) groups excluding carboxylic acids is 1. The van der Waals surface area contributed by atoms with Gasteiger partial charge >= 0.3 is 0 Å². The number of hydrogen-bond donors (Lipinski definition) is 1. The second-order valence-electron chi connectivity index (χ2n) is 5.77. The number of nitrogens with one attached hydrogen (secondary N) is 1. The molecule has 0 bridgehead atoms. The summed E-state index contributed by atoms with van der Waals surface area (Å²) in [6.07, 6.45) is 1.29. The van der Waals surface area contributed by atoms with Crippen molar-refractivity contribution in [3.63, 3.8) is 0 Å². The Balaban J connectivity index is 1.70. The maximum Gasteiger partial charge on any atom is 0.227 e. The Morgan fingerprint density at radius 1 is 1.48 bits per heavy atom. The molecule has 2 rings (SSSR count). The van der Waals surface area contributed by atoms with Crippen LogP contribution in [0.15, 0.2) is 4.52 Å². The summed E-state index contributed by atoms with van der Waals surface area (Å²) >= 11 is 0. The third-order valence-electron chi connectivity index (χ3n) is 3.48. The van der Waals surface area contributed by atoms with Gasteiger partial charge in [-0.05, 0) is 12.3 Å². The lowest BCUT2D eigenvalue weighted by atomic mass is 10.1. The van der Waals surface area contributed by atoms with Crippen LogP contribution in [0.4, 0.5) is 0 Å². The topological polar surface area (TPSA) is 102 Å². The lowest BCUT2D eigenvalue weighted by molar-refractivity contribution is -0.121. The van der Waals surface area contributed by atoms with Gasteiger partial charge in [0.1, 0.15) is 0 Å². The number of sulfone groups is 1. The van der Waals surface area contributed by atoms with Crippen LogP contribution >= 0.6 is 0 Å². The largest absolute Gasteiger partial charge is 0.356 e. The molecule has 8 heteroatoms. The number of amides is 1. The smallest absolute Gasteiger partial charge is 0.227 e. The van der Waals surface area contributed by atoms with Gasteiger partial charge in [-0.25, -0.2) is 8.42 Å². The van der Waals surface area contributed by atoms with Crippen LogP contribution in [-0.2, 0) is 21.1 Å². The van der Waals surface area contributed by atoms with E-state index < -0.39 is 9.84 Å². The van der Waals surface area contributed by atoms with E-state index in [4.69, 9.17) is 4.52 Å². The zero-order valence-electron chi connectivity index (χ0n) is 12.3. The molecule has 1 N–H and O–H groups in total. The highest BCUT2D eigenvalue weighted by Crippen LogP contribution is 2.17. The molecule has 0 aliphatic carbocycles. The first-order valence-corrected chi connectivity index (χ1v) is 8.97. The van der Waals surface area contributed by atoms with E-state index in [9.17, 15) is 13.2 Å². The molecule has 7 nitrogen and oxygen atoms in total. The third kappa shape index (κ3) is 4.80. The summed E-state index contributed by atoms with van der Waals surface area (Å²) in [6, 6.07) is 0. The fourth-order valence-corrected chi connectivity index (χ4v) is 4.07. The summed E-state index contributed by atoms with van der Waals surface area (Å²) in [4.78, 5) is 15.9. The van der Waals surface area contributed by atoms with Crippen LogP contribution in [0.3, 0.4) is 0 Å². The molecule has 21 heavy (non-hydrogen) atoms. The molecular formula is C13H21N3O4S. The van der Waals surface area contributed by atoms with E-state index in [0.717, 1.165) is 0 Å². The van der Waals surface area contributed by atoms with Crippen molar-refractivity contribution in [3.8, 4) is 0 Å². The van der Waals surface area contributed by atoms with E-state index in [1.807, 2.05) is 13.8 Å². The predicted octanol–water partition coefficient (Wildman–Crippen LogP) is 0.676. The van der Waals surface area contributed by atoms with Gasteiger partial charge in [-0.15, -0.1) is 0 Å². The summed E-state index contributed by atoms with van der Waals surface area (Å²) in [5.41, 5.74) is 0. The Morgan fingerprint density at radius 2 is 2.24 bits per heavy atom. The maximum atomic E-state index is 11.7. The van der Waals surface area contributed by atoms with Gasteiger partial charge in [0.25, 0.3) is 0 Å². The molecule has 1 atom stereocenters. The van der Waals surface area contributed by atoms with E-state index in [1.165, 1.54) is 0 Å². The molecule has 1 fully saturated rings. The minimum absolute atomic E-state index is 0.0369. The average molecular weight is 315 g/mol. The fourth-order valence-electron chi connectivity index (χ4n) is 2.20. The first-order chi connectivity index (χ1) is 9.85. The van der Waals surface area contributed by atoms with Gasteiger partial charge in [0, 0.05) is 25.3 Å². The first-order valence-electron chi connectivity index (χ1n) is 7.15. The van der Waals surface area contributed by atoms with Gasteiger partial charge in [0.05, 0.1) is 11.5 Å². The molecule has 0 aromatic carbocycles. The van der Waals surface area contributed by atoms with Crippen LogP contribution in [-0.4, -0.2) is 42.5 Å². The number of aryl methyl sites for hydroxylation is 1. The highest BCUT2D eigenvalue weighted by Gasteiger charge is 2.27. The van der Waals surface area contributed by atoms with Crippen molar-refractivity contribution in [2.24, 2.45) is 5.92 Å². The number of aromatic nitrogens is 2. The van der Waals surface area contributed by atoms with Gasteiger partial charge in [0.2, 0.25) is 11.8 Å². The first kappa shape index (κ1) is 15.9. The van der Waals surface area contributed by atoms with Crippen molar-refractivity contribution in [2.45, 2.75) is 39.0 Å². The van der Waals surface area contributed by atoms with E-state index in [-0.39, 0.29) is 35.7 Å². The summed E-state index contributed by atoms with van der Waals surface area (Å²) < 4.78 is 27.7. The molecule has 2 heterocycles. The van der Waals surface area contributed by atoms with E-state index in [0.29, 0.717) is 31.1 Å². The van der Waals surface area contributed by atoms with Crippen molar-refractivity contribution in [2.75, 3.05) is 18.1 Å². The summed E-state index contributed by atoms with van der Waals surface area (Å²) in [7, 11) is -2.89. The molecule has 1 saturated heterocycles. The number of rotatable bonds is 6. The van der Waals surface area contributed by atoms with Crippen molar-refractivity contribution in [3.05, 3.63) is 11.7 Å².